The van der Waals surface area contributed by atoms with Crippen LogP contribution in [0.3, 0.4) is 0 Å². The molecular formula is C11H8F3N3O2. The predicted molar refractivity (Wildman–Crippen MR) is 60.1 cm³/mol. The molecule has 8 heteroatoms. The highest BCUT2D eigenvalue weighted by Gasteiger charge is 2.30. The molecule has 0 spiro atoms. The fourth-order valence-corrected chi connectivity index (χ4v) is 1.30. The highest BCUT2D eigenvalue weighted by Crippen LogP contribution is 2.26. The summed E-state index contributed by atoms with van der Waals surface area (Å²) in [5.74, 6) is -0.536. The number of aromatic hydroxyl groups is 1. The summed E-state index contributed by atoms with van der Waals surface area (Å²) >= 11 is 0. The molecule has 0 radical (unpaired) electrons. The van der Waals surface area contributed by atoms with Crippen LogP contribution < -0.4 is 10.1 Å². The number of nitrogens with zero attached hydrogens (tertiary/aromatic N) is 2. The number of benzene rings is 1. The van der Waals surface area contributed by atoms with E-state index in [1.54, 1.807) is 0 Å². The van der Waals surface area contributed by atoms with E-state index in [1.165, 1.54) is 24.5 Å². The van der Waals surface area contributed by atoms with Gasteiger partial charge in [0, 0.05) is 18.1 Å². The van der Waals surface area contributed by atoms with Gasteiger partial charge in [-0.05, 0) is 24.3 Å². The molecular weight excluding hydrogens is 263 g/mol. The summed E-state index contributed by atoms with van der Waals surface area (Å²) in [6.45, 7) is 0. The molecule has 2 aromatic rings. The molecule has 2 rings (SSSR count). The van der Waals surface area contributed by atoms with E-state index in [4.69, 9.17) is 0 Å². The zero-order valence-electron chi connectivity index (χ0n) is 9.35. The normalized spacial score (nSPS) is 11.1. The summed E-state index contributed by atoms with van der Waals surface area (Å²) < 4.78 is 39.6. The maximum atomic E-state index is 12.0. The van der Waals surface area contributed by atoms with Gasteiger partial charge in [-0.25, -0.2) is 9.97 Å². The van der Waals surface area contributed by atoms with Crippen molar-refractivity contribution >= 4 is 11.5 Å². The summed E-state index contributed by atoms with van der Waals surface area (Å²) in [5, 5.41) is 12.1. The van der Waals surface area contributed by atoms with Crippen LogP contribution in [-0.2, 0) is 0 Å². The molecule has 2 N–H and O–H groups in total. The number of hydrogen-bond donors (Lipinski definition) is 2. The maximum Gasteiger partial charge on any atom is 0.573 e. The Morgan fingerprint density at radius 1 is 1.05 bits per heavy atom. The summed E-state index contributed by atoms with van der Waals surface area (Å²) in [6.07, 6.45) is -2.05. The van der Waals surface area contributed by atoms with Crippen LogP contribution >= 0.6 is 0 Å². The van der Waals surface area contributed by atoms with E-state index >= 15 is 0 Å². The lowest BCUT2D eigenvalue weighted by Crippen LogP contribution is -2.16. The van der Waals surface area contributed by atoms with Gasteiger partial charge in [-0.15, -0.1) is 13.2 Å². The standard InChI is InChI=1S/C11H8F3N3O2/c12-11(13,14)19-8-3-1-7(2-4-8)17-9-10(18)16-6-5-15-9/h1-6H,(H,15,17)(H,16,18). The average Bonchev–Trinajstić information content (AvgIpc) is 2.33. The number of halogens is 3. The fourth-order valence-electron chi connectivity index (χ4n) is 1.30. The minimum atomic E-state index is -4.72. The SMILES string of the molecule is Oc1nccnc1Nc1ccc(OC(F)(F)F)cc1. The van der Waals surface area contributed by atoms with Crippen molar-refractivity contribution in [1.82, 2.24) is 9.97 Å². The first-order valence-electron chi connectivity index (χ1n) is 5.07. The lowest BCUT2D eigenvalue weighted by molar-refractivity contribution is -0.274. The van der Waals surface area contributed by atoms with E-state index in [0.717, 1.165) is 12.1 Å². The van der Waals surface area contributed by atoms with E-state index in [1.807, 2.05) is 0 Å². The Morgan fingerprint density at radius 2 is 1.68 bits per heavy atom. The zero-order chi connectivity index (χ0) is 13.9. The van der Waals surface area contributed by atoms with Gasteiger partial charge in [0.05, 0.1) is 0 Å². The molecule has 100 valence electrons. The Hall–Kier alpha value is -2.51. The number of rotatable bonds is 3. The van der Waals surface area contributed by atoms with Crippen molar-refractivity contribution in [3.63, 3.8) is 0 Å². The van der Waals surface area contributed by atoms with E-state index in [2.05, 4.69) is 20.0 Å². The highest BCUT2D eigenvalue weighted by molar-refractivity contribution is 5.60. The second-order valence-corrected chi connectivity index (χ2v) is 3.43. The first-order chi connectivity index (χ1) is 8.94. The van der Waals surface area contributed by atoms with Gasteiger partial charge in [-0.3, -0.25) is 0 Å². The van der Waals surface area contributed by atoms with Crippen LogP contribution in [0.15, 0.2) is 36.7 Å². The van der Waals surface area contributed by atoms with Crippen LogP contribution in [0.5, 0.6) is 11.6 Å². The second kappa shape index (κ2) is 5.01. The van der Waals surface area contributed by atoms with E-state index in [0.29, 0.717) is 5.69 Å². The largest absolute Gasteiger partial charge is 0.573 e. The Labute approximate surface area is 105 Å². The maximum absolute atomic E-state index is 12.0. The van der Waals surface area contributed by atoms with Gasteiger partial charge in [0.15, 0.2) is 5.82 Å². The number of hydrogen-bond acceptors (Lipinski definition) is 5. The van der Waals surface area contributed by atoms with Crippen molar-refractivity contribution in [2.75, 3.05) is 5.32 Å². The van der Waals surface area contributed by atoms with Crippen LogP contribution in [0.2, 0.25) is 0 Å². The van der Waals surface area contributed by atoms with Crippen LogP contribution in [0.1, 0.15) is 0 Å². The van der Waals surface area contributed by atoms with Crippen LogP contribution in [0.4, 0.5) is 24.7 Å². The first-order valence-corrected chi connectivity index (χ1v) is 5.07. The van der Waals surface area contributed by atoms with Gasteiger partial charge >= 0.3 is 6.36 Å². The quantitative estimate of drug-likeness (QED) is 0.898. The summed E-state index contributed by atoms with van der Waals surface area (Å²) in [6, 6.07) is 5.00. The lowest BCUT2D eigenvalue weighted by Gasteiger charge is -2.10. The lowest BCUT2D eigenvalue weighted by atomic mass is 10.3. The summed E-state index contributed by atoms with van der Waals surface area (Å²) in [7, 11) is 0. The topological polar surface area (TPSA) is 67.3 Å². The minimum absolute atomic E-state index is 0.104. The molecule has 1 heterocycles. The molecule has 0 bridgehead atoms. The molecule has 19 heavy (non-hydrogen) atoms. The van der Waals surface area contributed by atoms with Crippen molar-refractivity contribution in [1.29, 1.82) is 0 Å². The number of alkyl halides is 3. The van der Waals surface area contributed by atoms with Crippen molar-refractivity contribution in [2.45, 2.75) is 6.36 Å². The van der Waals surface area contributed by atoms with Crippen LogP contribution in [0.25, 0.3) is 0 Å². The minimum Gasteiger partial charge on any atom is -0.491 e. The van der Waals surface area contributed by atoms with E-state index in [9.17, 15) is 18.3 Å². The van der Waals surface area contributed by atoms with Crippen molar-refractivity contribution in [2.24, 2.45) is 0 Å². The Kier molecular flexibility index (Phi) is 3.41. The monoisotopic (exact) mass is 271 g/mol. The molecule has 0 amide bonds. The fraction of sp³-hybridized carbons (Fsp3) is 0.0909. The smallest absolute Gasteiger partial charge is 0.491 e. The third-order valence-electron chi connectivity index (χ3n) is 2.03. The molecule has 0 saturated carbocycles. The Morgan fingerprint density at radius 3 is 2.26 bits per heavy atom. The molecule has 0 aliphatic rings. The third kappa shape index (κ3) is 3.73. The molecule has 0 saturated heterocycles. The predicted octanol–water partition coefficient (Wildman–Crippen LogP) is 2.82. The number of anilines is 2. The van der Waals surface area contributed by atoms with Crippen LogP contribution in [-0.4, -0.2) is 21.4 Å². The third-order valence-corrected chi connectivity index (χ3v) is 2.03. The zero-order valence-corrected chi connectivity index (χ0v) is 9.35. The summed E-state index contributed by atoms with van der Waals surface area (Å²) in [4.78, 5) is 7.42. The van der Waals surface area contributed by atoms with Crippen LogP contribution in [0, 0.1) is 0 Å². The molecule has 0 aliphatic heterocycles. The highest BCUT2D eigenvalue weighted by atomic mass is 19.4. The van der Waals surface area contributed by atoms with Gasteiger partial charge in [0.25, 0.3) is 5.88 Å². The average molecular weight is 271 g/mol. The molecule has 5 nitrogen and oxygen atoms in total. The van der Waals surface area contributed by atoms with E-state index in [-0.39, 0.29) is 17.4 Å². The molecule has 1 aromatic carbocycles. The first kappa shape index (κ1) is 12.9. The van der Waals surface area contributed by atoms with E-state index < -0.39 is 6.36 Å². The molecule has 0 unspecified atom stereocenters. The Bertz CT molecular complexity index is 558. The Balaban J connectivity index is 2.09. The van der Waals surface area contributed by atoms with Gasteiger partial charge < -0.3 is 15.2 Å². The van der Waals surface area contributed by atoms with Gasteiger partial charge in [-0.1, -0.05) is 0 Å². The molecule has 1 aromatic heterocycles. The second-order valence-electron chi connectivity index (χ2n) is 3.43. The molecule has 0 aliphatic carbocycles. The number of ether oxygens (including phenoxy) is 1. The molecule has 0 atom stereocenters. The van der Waals surface area contributed by atoms with Crippen molar-refractivity contribution in [3.05, 3.63) is 36.7 Å². The van der Waals surface area contributed by atoms with Crippen molar-refractivity contribution < 1.29 is 23.0 Å². The van der Waals surface area contributed by atoms with Gasteiger partial charge in [0.1, 0.15) is 5.75 Å². The number of nitrogens with one attached hydrogen (secondary N) is 1. The molecule has 0 fully saturated rings. The van der Waals surface area contributed by atoms with Crippen molar-refractivity contribution in [3.8, 4) is 11.6 Å². The van der Waals surface area contributed by atoms with Gasteiger partial charge in [-0.2, -0.15) is 0 Å². The van der Waals surface area contributed by atoms with Gasteiger partial charge in [0.2, 0.25) is 0 Å². The number of aromatic nitrogens is 2. The summed E-state index contributed by atoms with van der Waals surface area (Å²) in [5.41, 5.74) is 0.435.